The summed E-state index contributed by atoms with van der Waals surface area (Å²) >= 11 is 6.01. The number of carbonyl (C=O) groups excluding carboxylic acids is 2. The maximum absolute atomic E-state index is 14.0. The minimum Gasteiger partial charge on any atom is -0.497 e. The number of nitrogens with zero attached hydrogens (tertiary/aromatic N) is 2. The fourth-order valence-corrected chi connectivity index (χ4v) is 6.57. The van der Waals surface area contributed by atoms with Crippen molar-refractivity contribution in [2.45, 2.75) is 62.6 Å². The van der Waals surface area contributed by atoms with E-state index in [2.05, 4.69) is 5.32 Å². The monoisotopic (exact) mass is 615 g/mol. The lowest BCUT2D eigenvalue weighted by Gasteiger charge is -2.33. The smallest absolute Gasteiger partial charge is 0.264 e. The third kappa shape index (κ3) is 7.60. The van der Waals surface area contributed by atoms with E-state index in [0.717, 1.165) is 54.1 Å². The van der Waals surface area contributed by atoms with Crippen LogP contribution in [-0.4, -0.2) is 50.9 Å². The summed E-state index contributed by atoms with van der Waals surface area (Å²) in [7, 11) is -2.73. The van der Waals surface area contributed by atoms with Crippen LogP contribution in [0.25, 0.3) is 0 Å². The van der Waals surface area contributed by atoms with Gasteiger partial charge in [-0.15, -0.1) is 0 Å². The maximum Gasteiger partial charge on any atom is 0.264 e. The first kappa shape index (κ1) is 31.3. The van der Waals surface area contributed by atoms with E-state index in [1.807, 2.05) is 0 Å². The van der Waals surface area contributed by atoms with Crippen molar-refractivity contribution in [2.75, 3.05) is 18.0 Å². The van der Waals surface area contributed by atoms with E-state index in [-0.39, 0.29) is 34.1 Å². The fraction of sp³-hybridized carbons (Fsp3) is 0.355. The van der Waals surface area contributed by atoms with Crippen LogP contribution in [0.4, 0.5) is 10.1 Å². The number of amides is 2. The number of benzene rings is 3. The van der Waals surface area contributed by atoms with Gasteiger partial charge in [0.15, 0.2) is 0 Å². The van der Waals surface area contributed by atoms with Gasteiger partial charge in [0.25, 0.3) is 10.0 Å². The third-order valence-electron chi connectivity index (χ3n) is 7.43. The van der Waals surface area contributed by atoms with Gasteiger partial charge in [-0.3, -0.25) is 13.9 Å². The Kier molecular flexibility index (Phi) is 10.5. The SMILES string of the molecule is COc1ccc(CN(C(=O)CN(c2ccc(F)c(Cl)c2)S(=O)(=O)c2ccccc2)[C@H](C)C(=O)NC2CCCCC2)cc1. The quantitative estimate of drug-likeness (QED) is 0.305. The van der Waals surface area contributed by atoms with E-state index < -0.39 is 34.3 Å². The number of halogens is 2. The highest BCUT2D eigenvalue weighted by Gasteiger charge is 2.33. The highest BCUT2D eigenvalue weighted by molar-refractivity contribution is 7.92. The number of hydrogen-bond donors (Lipinski definition) is 1. The molecule has 1 aliphatic rings. The second kappa shape index (κ2) is 14.0. The fourth-order valence-electron chi connectivity index (χ4n) is 4.97. The van der Waals surface area contributed by atoms with E-state index in [0.29, 0.717) is 5.75 Å². The summed E-state index contributed by atoms with van der Waals surface area (Å²) < 4.78 is 47.8. The van der Waals surface area contributed by atoms with Crippen molar-refractivity contribution in [3.05, 3.63) is 89.2 Å². The molecule has 1 aliphatic carbocycles. The van der Waals surface area contributed by atoms with Gasteiger partial charge in [0.1, 0.15) is 24.2 Å². The number of carbonyl (C=O) groups is 2. The van der Waals surface area contributed by atoms with Gasteiger partial charge in [0.2, 0.25) is 11.8 Å². The molecule has 0 unspecified atom stereocenters. The number of anilines is 1. The summed E-state index contributed by atoms with van der Waals surface area (Å²) in [6.45, 7) is 1.03. The number of methoxy groups -OCH3 is 1. The summed E-state index contributed by atoms with van der Waals surface area (Å²) in [5, 5.41) is 2.78. The molecule has 0 aromatic heterocycles. The topological polar surface area (TPSA) is 96.0 Å². The molecule has 1 atom stereocenters. The molecule has 0 bridgehead atoms. The zero-order valence-corrected chi connectivity index (χ0v) is 25.2. The minimum absolute atomic E-state index is 0.0160. The molecule has 1 saturated carbocycles. The second-order valence-electron chi connectivity index (χ2n) is 10.3. The zero-order chi connectivity index (χ0) is 30.3. The molecule has 8 nitrogen and oxygen atoms in total. The molecule has 3 aromatic carbocycles. The van der Waals surface area contributed by atoms with Crippen molar-refractivity contribution < 1.29 is 27.1 Å². The molecule has 1 N–H and O–H groups in total. The third-order valence-corrected chi connectivity index (χ3v) is 9.51. The Morgan fingerprint density at radius 2 is 1.69 bits per heavy atom. The molecule has 0 radical (unpaired) electrons. The van der Waals surface area contributed by atoms with Crippen LogP contribution in [0.1, 0.15) is 44.6 Å². The van der Waals surface area contributed by atoms with Crippen molar-refractivity contribution in [2.24, 2.45) is 0 Å². The molecule has 0 saturated heterocycles. The first-order valence-corrected chi connectivity index (χ1v) is 15.7. The van der Waals surface area contributed by atoms with Crippen LogP contribution in [0, 0.1) is 5.82 Å². The molecular formula is C31H35ClFN3O5S. The lowest BCUT2D eigenvalue weighted by Crippen LogP contribution is -2.53. The Labute approximate surface area is 251 Å². The van der Waals surface area contributed by atoms with E-state index in [1.54, 1.807) is 56.5 Å². The molecule has 3 aromatic rings. The number of rotatable bonds is 11. The van der Waals surface area contributed by atoms with Gasteiger partial charge in [-0.2, -0.15) is 0 Å². The second-order valence-corrected chi connectivity index (χ2v) is 12.6. The van der Waals surface area contributed by atoms with Gasteiger partial charge in [-0.25, -0.2) is 12.8 Å². The Morgan fingerprint density at radius 1 is 1.02 bits per heavy atom. The lowest BCUT2D eigenvalue weighted by molar-refractivity contribution is -0.139. The molecule has 224 valence electrons. The first-order valence-electron chi connectivity index (χ1n) is 13.9. The van der Waals surface area contributed by atoms with Gasteiger partial charge in [0, 0.05) is 12.6 Å². The van der Waals surface area contributed by atoms with Crippen LogP contribution in [-0.2, 0) is 26.2 Å². The first-order chi connectivity index (χ1) is 20.1. The number of ether oxygens (including phenoxy) is 1. The Morgan fingerprint density at radius 3 is 2.31 bits per heavy atom. The Hall–Kier alpha value is -3.63. The van der Waals surface area contributed by atoms with Crippen LogP contribution in [0.2, 0.25) is 5.02 Å². The summed E-state index contributed by atoms with van der Waals surface area (Å²) in [6, 6.07) is 17.3. The van der Waals surface area contributed by atoms with Gasteiger partial charge in [-0.05, 0) is 67.8 Å². The van der Waals surface area contributed by atoms with Crippen LogP contribution >= 0.6 is 11.6 Å². The number of hydrogen-bond acceptors (Lipinski definition) is 5. The van der Waals surface area contributed by atoms with E-state index in [9.17, 15) is 22.4 Å². The average molecular weight is 616 g/mol. The predicted octanol–water partition coefficient (Wildman–Crippen LogP) is 5.55. The highest BCUT2D eigenvalue weighted by Crippen LogP contribution is 2.28. The minimum atomic E-state index is -4.28. The van der Waals surface area contributed by atoms with Gasteiger partial charge in [-0.1, -0.05) is 61.2 Å². The summed E-state index contributed by atoms with van der Waals surface area (Å²) in [4.78, 5) is 28.7. The maximum atomic E-state index is 14.0. The van der Waals surface area contributed by atoms with Crippen LogP contribution in [0.5, 0.6) is 5.75 Å². The Balaban J connectivity index is 1.68. The molecule has 2 amide bonds. The van der Waals surface area contributed by atoms with E-state index >= 15 is 0 Å². The Bertz CT molecular complexity index is 1480. The largest absolute Gasteiger partial charge is 0.497 e. The molecule has 0 spiro atoms. The summed E-state index contributed by atoms with van der Waals surface area (Å²) in [5.74, 6) is -1.02. The highest BCUT2D eigenvalue weighted by atomic mass is 35.5. The number of nitrogens with one attached hydrogen (secondary N) is 1. The van der Waals surface area contributed by atoms with Crippen LogP contribution in [0.15, 0.2) is 77.7 Å². The standard InChI is InChI=1S/C31H35ClFN3O5S/c1-22(31(38)34-24-9-5-3-6-10-24)35(20-23-13-16-26(41-2)17-14-23)30(37)21-36(25-15-18-29(33)28(32)19-25)42(39,40)27-11-7-4-8-12-27/h4,7-8,11-19,22,24H,3,5-6,9-10,20-21H2,1-2H3,(H,34,38)/t22-/m1/s1. The van der Waals surface area contributed by atoms with Crippen molar-refractivity contribution >= 4 is 39.1 Å². The average Bonchev–Trinajstić information content (AvgIpc) is 3.00. The van der Waals surface area contributed by atoms with Crippen LogP contribution < -0.4 is 14.4 Å². The van der Waals surface area contributed by atoms with E-state index in [4.69, 9.17) is 16.3 Å². The molecule has 1 fully saturated rings. The molecule has 42 heavy (non-hydrogen) atoms. The molecule has 4 rings (SSSR count). The molecule has 0 aliphatic heterocycles. The van der Waals surface area contributed by atoms with Gasteiger partial charge < -0.3 is 15.0 Å². The van der Waals surface area contributed by atoms with Gasteiger partial charge >= 0.3 is 0 Å². The normalized spacial score (nSPS) is 14.6. The lowest BCUT2D eigenvalue weighted by atomic mass is 9.95. The van der Waals surface area contributed by atoms with Crippen molar-refractivity contribution in [3.63, 3.8) is 0 Å². The summed E-state index contributed by atoms with van der Waals surface area (Å²) in [6.07, 6.45) is 4.93. The van der Waals surface area contributed by atoms with E-state index in [1.165, 1.54) is 23.1 Å². The predicted molar refractivity (Wildman–Crippen MR) is 160 cm³/mol. The molecular weight excluding hydrogens is 581 g/mol. The molecule has 0 heterocycles. The van der Waals surface area contributed by atoms with Crippen molar-refractivity contribution in [1.82, 2.24) is 10.2 Å². The van der Waals surface area contributed by atoms with Crippen molar-refractivity contribution in [3.8, 4) is 5.75 Å². The number of sulfonamides is 1. The summed E-state index contributed by atoms with van der Waals surface area (Å²) in [5.41, 5.74) is 0.742. The van der Waals surface area contributed by atoms with Crippen LogP contribution in [0.3, 0.4) is 0 Å². The molecule has 11 heteroatoms. The zero-order valence-electron chi connectivity index (χ0n) is 23.6. The van der Waals surface area contributed by atoms with Crippen molar-refractivity contribution in [1.29, 1.82) is 0 Å². The van der Waals surface area contributed by atoms with Gasteiger partial charge in [0.05, 0.1) is 22.7 Å².